The number of benzene rings is 2. The van der Waals surface area contributed by atoms with E-state index in [1.54, 1.807) is 0 Å². The summed E-state index contributed by atoms with van der Waals surface area (Å²) in [6.07, 6.45) is 3.20. The van der Waals surface area contributed by atoms with Gasteiger partial charge in [-0.05, 0) is 23.3 Å². The Kier molecular flexibility index (Phi) is 4.55. The molecule has 1 aliphatic heterocycles. The zero-order valence-corrected chi connectivity index (χ0v) is 15.0. The van der Waals surface area contributed by atoms with Crippen LogP contribution in [0.2, 0.25) is 0 Å². The molecule has 0 bridgehead atoms. The maximum atomic E-state index is 6.07. The second-order valence-corrected chi connectivity index (χ2v) is 6.93. The van der Waals surface area contributed by atoms with Crippen molar-refractivity contribution in [3.63, 3.8) is 0 Å². The first-order chi connectivity index (χ1) is 12.2. The molecular formula is C21H25N3O. The highest BCUT2D eigenvalue weighted by Crippen LogP contribution is 2.22. The van der Waals surface area contributed by atoms with Crippen LogP contribution in [0.4, 0.5) is 0 Å². The van der Waals surface area contributed by atoms with Crippen LogP contribution in [0.1, 0.15) is 17.1 Å². The summed E-state index contributed by atoms with van der Waals surface area (Å²) in [6, 6.07) is 15.2. The van der Waals surface area contributed by atoms with E-state index in [2.05, 4.69) is 64.0 Å². The summed E-state index contributed by atoms with van der Waals surface area (Å²) >= 11 is 0. The molecule has 1 unspecified atom stereocenters. The van der Waals surface area contributed by atoms with Gasteiger partial charge in [-0.3, -0.25) is 4.90 Å². The first-order valence-electron chi connectivity index (χ1n) is 8.98. The average Bonchev–Trinajstić information content (AvgIpc) is 2.95. The second kappa shape index (κ2) is 6.98. The van der Waals surface area contributed by atoms with E-state index in [-0.39, 0.29) is 6.10 Å². The lowest BCUT2D eigenvalue weighted by Crippen LogP contribution is -2.43. The number of hydrogen-bond donors (Lipinski definition) is 0. The minimum absolute atomic E-state index is 0.244. The van der Waals surface area contributed by atoms with Crippen LogP contribution < -0.4 is 0 Å². The summed E-state index contributed by atoms with van der Waals surface area (Å²) in [6.45, 7) is 5.73. The zero-order chi connectivity index (χ0) is 17.2. The van der Waals surface area contributed by atoms with Crippen molar-refractivity contribution in [1.82, 2.24) is 14.5 Å². The summed E-state index contributed by atoms with van der Waals surface area (Å²) < 4.78 is 8.25. The van der Waals surface area contributed by atoms with Crippen molar-refractivity contribution in [2.75, 3.05) is 19.7 Å². The van der Waals surface area contributed by atoms with Crippen molar-refractivity contribution < 1.29 is 4.74 Å². The number of ether oxygens (including phenoxy) is 1. The Bertz CT molecular complexity index is 865. The van der Waals surface area contributed by atoms with E-state index in [4.69, 9.17) is 4.74 Å². The standard InChI is InChI=1S/C21H25N3O/c1-16-22-13-19(23(16)2)14-24-10-11-25-20(15-24)12-18-8-5-7-17-6-3-4-9-21(17)18/h3-9,13,20H,10-12,14-15H2,1-2H3. The first kappa shape index (κ1) is 16.3. The Balaban J connectivity index is 1.47. The smallest absolute Gasteiger partial charge is 0.105 e. The maximum Gasteiger partial charge on any atom is 0.105 e. The summed E-state index contributed by atoms with van der Waals surface area (Å²) in [5, 5.41) is 2.64. The number of aromatic nitrogens is 2. The third-order valence-electron chi connectivity index (χ3n) is 5.25. The summed E-state index contributed by atoms with van der Waals surface area (Å²) in [5.41, 5.74) is 2.64. The van der Waals surface area contributed by atoms with Crippen LogP contribution in [-0.2, 0) is 24.8 Å². The van der Waals surface area contributed by atoms with E-state index in [1.165, 1.54) is 22.0 Å². The van der Waals surface area contributed by atoms with Gasteiger partial charge in [0.15, 0.2) is 0 Å². The van der Waals surface area contributed by atoms with Crippen LogP contribution in [0.3, 0.4) is 0 Å². The van der Waals surface area contributed by atoms with Crippen molar-refractivity contribution in [1.29, 1.82) is 0 Å². The summed E-state index contributed by atoms with van der Waals surface area (Å²) in [4.78, 5) is 6.89. The second-order valence-electron chi connectivity index (χ2n) is 6.93. The van der Waals surface area contributed by atoms with Gasteiger partial charge >= 0.3 is 0 Å². The van der Waals surface area contributed by atoms with Gasteiger partial charge in [-0.1, -0.05) is 42.5 Å². The number of fused-ring (bicyclic) bond motifs is 1. The summed E-state index contributed by atoms with van der Waals surface area (Å²) in [7, 11) is 2.09. The number of nitrogens with zero attached hydrogens (tertiary/aromatic N) is 3. The molecule has 1 fully saturated rings. The lowest BCUT2D eigenvalue weighted by Gasteiger charge is -2.33. The van der Waals surface area contributed by atoms with E-state index in [1.807, 2.05) is 13.1 Å². The molecule has 3 aromatic rings. The topological polar surface area (TPSA) is 30.3 Å². The van der Waals surface area contributed by atoms with Gasteiger partial charge in [0.2, 0.25) is 0 Å². The average molecular weight is 335 g/mol. The lowest BCUT2D eigenvalue weighted by molar-refractivity contribution is -0.0309. The molecule has 1 atom stereocenters. The molecular weight excluding hydrogens is 310 g/mol. The van der Waals surface area contributed by atoms with Crippen molar-refractivity contribution >= 4 is 10.8 Å². The normalized spacial score (nSPS) is 18.7. The van der Waals surface area contributed by atoms with Crippen LogP contribution in [0.15, 0.2) is 48.7 Å². The molecule has 4 heteroatoms. The molecule has 0 radical (unpaired) electrons. The van der Waals surface area contributed by atoms with Gasteiger partial charge in [-0.25, -0.2) is 4.98 Å². The highest BCUT2D eigenvalue weighted by molar-refractivity contribution is 5.85. The minimum atomic E-state index is 0.244. The highest BCUT2D eigenvalue weighted by Gasteiger charge is 2.22. The molecule has 0 aliphatic carbocycles. The summed E-state index contributed by atoms with van der Waals surface area (Å²) in [5.74, 6) is 1.07. The SMILES string of the molecule is Cc1ncc(CN2CCOC(Cc3cccc4ccccc34)C2)n1C. The minimum Gasteiger partial charge on any atom is -0.375 e. The highest BCUT2D eigenvalue weighted by atomic mass is 16.5. The molecule has 4 nitrogen and oxygen atoms in total. The fourth-order valence-electron chi connectivity index (χ4n) is 3.69. The van der Waals surface area contributed by atoms with Gasteiger partial charge < -0.3 is 9.30 Å². The van der Waals surface area contributed by atoms with Crippen LogP contribution >= 0.6 is 0 Å². The molecule has 1 aliphatic rings. The van der Waals surface area contributed by atoms with Gasteiger partial charge in [0.1, 0.15) is 5.82 Å². The number of aryl methyl sites for hydroxylation is 1. The molecule has 4 rings (SSSR count). The van der Waals surface area contributed by atoms with Crippen LogP contribution in [-0.4, -0.2) is 40.3 Å². The zero-order valence-electron chi connectivity index (χ0n) is 15.0. The Labute approximate surface area is 149 Å². The third-order valence-corrected chi connectivity index (χ3v) is 5.25. The van der Waals surface area contributed by atoms with E-state index >= 15 is 0 Å². The van der Waals surface area contributed by atoms with Crippen molar-refractivity contribution in [2.45, 2.75) is 26.0 Å². The van der Waals surface area contributed by atoms with E-state index < -0.39 is 0 Å². The first-order valence-corrected chi connectivity index (χ1v) is 8.98. The largest absolute Gasteiger partial charge is 0.375 e. The van der Waals surface area contributed by atoms with Gasteiger partial charge in [0.05, 0.1) is 18.4 Å². The fourth-order valence-corrected chi connectivity index (χ4v) is 3.69. The molecule has 130 valence electrons. The number of morpholine rings is 1. The number of hydrogen-bond acceptors (Lipinski definition) is 3. The van der Waals surface area contributed by atoms with Crippen molar-refractivity contribution in [2.24, 2.45) is 7.05 Å². The van der Waals surface area contributed by atoms with E-state index in [9.17, 15) is 0 Å². The van der Waals surface area contributed by atoms with E-state index in [0.717, 1.165) is 38.5 Å². The lowest BCUT2D eigenvalue weighted by atomic mass is 9.99. The van der Waals surface area contributed by atoms with Crippen LogP contribution in [0.25, 0.3) is 10.8 Å². The van der Waals surface area contributed by atoms with Gasteiger partial charge in [-0.15, -0.1) is 0 Å². The molecule has 0 spiro atoms. The molecule has 2 aromatic carbocycles. The molecule has 2 heterocycles. The van der Waals surface area contributed by atoms with Gasteiger partial charge in [0.25, 0.3) is 0 Å². The quantitative estimate of drug-likeness (QED) is 0.733. The predicted octanol–water partition coefficient (Wildman–Crippen LogP) is 3.33. The third kappa shape index (κ3) is 3.46. The molecule has 0 saturated carbocycles. The molecule has 1 aromatic heterocycles. The Morgan fingerprint density at radius 3 is 2.84 bits per heavy atom. The molecule has 0 N–H and O–H groups in total. The number of rotatable bonds is 4. The molecule has 0 amide bonds. The van der Waals surface area contributed by atoms with Crippen molar-refractivity contribution in [3.05, 3.63) is 65.7 Å². The Hall–Kier alpha value is -2.17. The Morgan fingerprint density at radius 1 is 1.16 bits per heavy atom. The van der Waals surface area contributed by atoms with Gasteiger partial charge in [-0.2, -0.15) is 0 Å². The molecule has 1 saturated heterocycles. The predicted molar refractivity (Wildman–Crippen MR) is 101 cm³/mol. The number of imidazole rings is 1. The van der Waals surface area contributed by atoms with Crippen LogP contribution in [0.5, 0.6) is 0 Å². The monoisotopic (exact) mass is 335 g/mol. The van der Waals surface area contributed by atoms with E-state index in [0.29, 0.717) is 0 Å². The Morgan fingerprint density at radius 2 is 2.00 bits per heavy atom. The fraction of sp³-hybridized carbons (Fsp3) is 0.381. The van der Waals surface area contributed by atoms with Crippen LogP contribution in [0, 0.1) is 6.92 Å². The van der Waals surface area contributed by atoms with Crippen molar-refractivity contribution in [3.8, 4) is 0 Å². The van der Waals surface area contributed by atoms with Gasteiger partial charge in [0, 0.05) is 39.3 Å². The molecule has 25 heavy (non-hydrogen) atoms. The maximum absolute atomic E-state index is 6.07.